The van der Waals surface area contributed by atoms with Crippen molar-refractivity contribution < 1.29 is 18.6 Å². The number of hydrogen-bond donors (Lipinski definition) is 1. The number of carbonyl (C=O) groups is 2. The van der Waals surface area contributed by atoms with E-state index in [0.29, 0.717) is 36.1 Å². The minimum Gasteiger partial charge on any atom is -0.445 e. The van der Waals surface area contributed by atoms with Gasteiger partial charge in [0, 0.05) is 24.5 Å². The third-order valence-corrected chi connectivity index (χ3v) is 5.51. The topological polar surface area (TPSA) is 114 Å². The second-order valence-electron chi connectivity index (χ2n) is 7.53. The summed E-state index contributed by atoms with van der Waals surface area (Å²) in [5, 5.41) is 10.4. The average molecular weight is 444 g/mol. The van der Waals surface area contributed by atoms with Crippen LogP contribution in [0.15, 0.2) is 39.5 Å². The summed E-state index contributed by atoms with van der Waals surface area (Å²) in [6.07, 6.45) is 4.09. The number of amides is 2. The van der Waals surface area contributed by atoms with Gasteiger partial charge in [-0.2, -0.15) is 0 Å². The molecule has 2 aromatic heterocycles. The number of aryl methyl sites for hydroxylation is 1. The van der Waals surface area contributed by atoms with Crippen LogP contribution in [-0.4, -0.2) is 51.6 Å². The van der Waals surface area contributed by atoms with Gasteiger partial charge in [0.1, 0.15) is 11.5 Å². The first-order valence-electron chi connectivity index (χ1n) is 10.0. The maximum absolute atomic E-state index is 12.6. The number of nitrogens with zero attached hydrogens (tertiary/aromatic N) is 4. The van der Waals surface area contributed by atoms with Gasteiger partial charge < -0.3 is 14.6 Å². The summed E-state index contributed by atoms with van der Waals surface area (Å²) in [6, 6.07) is 7.60. The molecule has 162 valence electrons. The van der Waals surface area contributed by atoms with Crippen LogP contribution in [0.3, 0.4) is 0 Å². The number of rotatable bonds is 6. The number of likely N-dealkylation sites (tertiary alicyclic amines) is 1. The minimum absolute atomic E-state index is 0.0226. The highest BCUT2D eigenvalue weighted by Gasteiger charge is 2.28. The molecule has 0 radical (unpaired) electrons. The van der Waals surface area contributed by atoms with Crippen molar-refractivity contribution in [3.8, 4) is 0 Å². The quantitative estimate of drug-likeness (QED) is 0.622. The lowest BCUT2D eigenvalue weighted by atomic mass is 9.98. The van der Waals surface area contributed by atoms with Gasteiger partial charge in [-0.1, -0.05) is 28.9 Å². The molecule has 4 rings (SSSR count). The Labute approximate surface area is 183 Å². The van der Waals surface area contributed by atoms with E-state index in [-0.39, 0.29) is 24.1 Å². The molecular formula is C21H22ClN5O4. The van der Waals surface area contributed by atoms with Gasteiger partial charge in [0.25, 0.3) is 5.91 Å². The first-order chi connectivity index (χ1) is 15.0. The molecule has 0 bridgehead atoms. The second kappa shape index (κ2) is 9.30. The number of benzene rings is 1. The van der Waals surface area contributed by atoms with E-state index in [4.69, 9.17) is 16.0 Å². The fourth-order valence-corrected chi connectivity index (χ4v) is 3.72. The van der Waals surface area contributed by atoms with E-state index in [1.54, 1.807) is 18.0 Å². The Bertz CT molecular complexity index is 1060. The summed E-state index contributed by atoms with van der Waals surface area (Å²) >= 11 is 5.93. The van der Waals surface area contributed by atoms with Gasteiger partial charge in [-0.15, -0.1) is 0 Å². The highest BCUT2D eigenvalue weighted by molar-refractivity contribution is 6.30. The van der Waals surface area contributed by atoms with Gasteiger partial charge in [-0.3, -0.25) is 9.59 Å². The normalized spacial score (nSPS) is 16.3. The summed E-state index contributed by atoms with van der Waals surface area (Å²) in [7, 11) is 0. The molecule has 10 heteroatoms. The summed E-state index contributed by atoms with van der Waals surface area (Å²) in [4.78, 5) is 30.9. The monoisotopic (exact) mass is 443 g/mol. The number of carbonyl (C=O) groups excluding carboxylic acids is 2. The molecule has 1 aliphatic rings. The molecule has 1 aromatic carbocycles. The lowest BCUT2D eigenvalue weighted by Gasteiger charge is -2.31. The SMILES string of the molecule is Cc1nonc1C(=O)NCC(=O)N1CCC[C@@H](c2ncc(Cc3ccc(Cl)cc3)o2)C1. The van der Waals surface area contributed by atoms with Crippen LogP contribution in [-0.2, 0) is 11.2 Å². The van der Waals surface area contributed by atoms with Crippen LogP contribution in [0.2, 0.25) is 5.02 Å². The number of oxazole rings is 1. The number of piperidine rings is 1. The summed E-state index contributed by atoms with van der Waals surface area (Å²) in [5.74, 6) is 0.772. The van der Waals surface area contributed by atoms with Crippen molar-refractivity contribution in [2.75, 3.05) is 19.6 Å². The zero-order valence-electron chi connectivity index (χ0n) is 17.0. The highest BCUT2D eigenvalue weighted by Crippen LogP contribution is 2.27. The molecule has 0 aliphatic carbocycles. The first kappa shape index (κ1) is 21.0. The third-order valence-electron chi connectivity index (χ3n) is 5.25. The molecule has 0 unspecified atom stereocenters. The molecule has 3 aromatic rings. The van der Waals surface area contributed by atoms with Gasteiger partial charge in [-0.25, -0.2) is 9.61 Å². The summed E-state index contributed by atoms with van der Waals surface area (Å²) < 4.78 is 10.5. The van der Waals surface area contributed by atoms with Crippen molar-refractivity contribution in [3.05, 3.63) is 64.1 Å². The van der Waals surface area contributed by atoms with Crippen LogP contribution in [0.4, 0.5) is 0 Å². The van der Waals surface area contributed by atoms with E-state index in [1.165, 1.54) is 0 Å². The van der Waals surface area contributed by atoms with E-state index in [1.807, 2.05) is 24.3 Å². The maximum atomic E-state index is 12.6. The summed E-state index contributed by atoms with van der Waals surface area (Å²) in [6.45, 7) is 2.62. The lowest BCUT2D eigenvalue weighted by molar-refractivity contribution is -0.131. The molecule has 0 spiro atoms. The van der Waals surface area contributed by atoms with Gasteiger partial charge in [0.05, 0.1) is 18.7 Å². The number of hydrogen-bond acceptors (Lipinski definition) is 7. The molecule has 1 saturated heterocycles. The molecule has 9 nitrogen and oxygen atoms in total. The zero-order valence-corrected chi connectivity index (χ0v) is 17.8. The lowest BCUT2D eigenvalue weighted by Crippen LogP contribution is -2.44. The van der Waals surface area contributed by atoms with Gasteiger partial charge in [-0.05, 0) is 42.6 Å². The Morgan fingerprint density at radius 1 is 1.26 bits per heavy atom. The van der Waals surface area contributed by atoms with Crippen LogP contribution in [0, 0.1) is 6.92 Å². The van der Waals surface area contributed by atoms with Crippen LogP contribution in [0.25, 0.3) is 0 Å². The van der Waals surface area contributed by atoms with E-state index >= 15 is 0 Å². The predicted molar refractivity (Wildman–Crippen MR) is 111 cm³/mol. The van der Waals surface area contributed by atoms with Crippen molar-refractivity contribution >= 4 is 23.4 Å². The molecule has 3 heterocycles. The smallest absolute Gasteiger partial charge is 0.275 e. The number of nitrogens with one attached hydrogen (secondary N) is 1. The Balaban J connectivity index is 1.32. The third kappa shape index (κ3) is 5.11. The van der Waals surface area contributed by atoms with Crippen molar-refractivity contribution in [1.29, 1.82) is 0 Å². The molecule has 31 heavy (non-hydrogen) atoms. The van der Waals surface area contributed by atoms with E-state index < -0.39 is 5.91 Å². The van der Waals surface area contributed by atoms with Crippen LogP contribution in [0.1, 0.15) is 52.2 Å². The molecule has 1 fully saturated rings. The molecule has 2 amide bonds. The van der Waals surface area contributed by atoms with Gasteiger partial charge in [0.15, 0.2) is 11.6 Å². The second-order valence-corrected chi connectivity index (χ2v) is 7.96. The number of halogens is 1. The maximum Gasteiger partial charge on any atom is 0.275 e. The first-order valence-corrected chi connectivity index (χ1v) is 10.4. The molecule has 0 saturated carbocycles. The Morgan fingerprint density at radius 2 is 2.06 bits per heavy atom. The predicted octanol–water partition coefficient (Wildman–Crippen LogP) is 2.75. The molecule has 1 N–H and O–H groups in total. The van der Waals surface area contributed by atoms with Crippen LogP contribution >= 0.6 is 11.6 Å². The van der Waals surface area contributed by atoms with E-state index in [0.717, 1.165) is 24.2 Å². The van der Waals surface area contributed by atoms with E-state index in [9.17, 15) is 9.59 Å². The zero-order chi connectivity index (χ0) is 21.8. The van der Waals surface area contributed by atoms with Crippen molar-refractivity contribution in [2.24, 2.45) is 0 Å². The Kier molecular flexibility index (Phi) is 6.31. The molecular weight excluding hydrogens is 422 g/mol. The summed E-state index contributed by atoms with van der Waals surface area (Å²) in [5.41, 5.74) is 1.54. The standard InChI is InChI=1S/C21H22ClN5O4/c1-13-19(26-31-25-13)20(29)23-11-18(28)27-8-2-3-15(12-27)21-24-10-17(30-21)9-14-4-6-16(22)7-5-14/h4-7,10,15H,2-3,8-9,11-12H2,1H3,(H,23,29)/t15-/m1/s1. The minimum atomic E-state index is -0.486. The fourth-order valence-electron chi connectivity index (χ4n) is 3.59. The fraction of sp³-hybridized carbons (Fsp3) is 0.381. The van der Waals surface area contributed by atoms with E-state index in [2.05, 4.69) is 25.2 Å². The number of aromatic nitrogens is 3. The van der Waals surface area contributed by atoms with Gasteiger partial charge >= 0.3 is 0 Å². The van der Waals surface area contributed by atoms with Crippen molar-refractivity contribution in [1.82, 2.24) is 25.5 Å². The van der Waals surface area contributed by atoms with Crippen LogP contribution < -0.4 is 5.32 Å². The Morgan fingerprint density at radius 3 is 2.81 bits per heavy atom. The highest BCUT2D eigenvalue weighted by atomic mass is 35.5. The Hall–Kier alpha value is -3.20. The van der Waals surface area contributed by atoms with Crippen molar-refractivity contribution in [3.63, 3.8) is 0 Å². The molecule has 1 atom stereocenters. The largest absolute Gasteiger partial charge is 0.445 e. The van der Waals surface area contributed by atoms with Crippen molar-refractivity contribution in [2.45, 2.75) is 32.1 Å². The van der Waals surface area contributed by atoms with Crippen LogP contribution in [0.5, 0.6) is 0 Å². The van der Waals surface area contributed by atoms with Gasteiger partial charge in [0.2, 0.25) is 5.91 Å². The molecule has 1 aliphatic heterocycles. The average Bonchev–Trinajstić information content (AvgIpc) is 3.42.